The first-order valence-corrected chi connectivity index (χ1v) is 10.6. The van der Waals surface area contributed by atoms with Crippen LogP contribution in [0.1, 0.15) is 29.2 Å². The summed E-state index contributed by atoms with van der Waals surface area (Å²) in [6.45, 7) is 1.34. The predicted octanol–water partition coefficient (Wildman–Crippen LogP) is 2.18. The van der Waals surface area contributed by atoms with E-state index in [1.807, 2.05) is 18.2 Å². The molecule has 1 saturated heterocycles. The monoisotopic (exact) mass is 416 g/mol. The molecule has 0 bridgehead atoms. The summed E-state index contributed by atoms with van der Waals surface area (Å²) in [4.78, 5) is 33.9. The third-order valence-electron chi connectivity index (χ3n) is 4.91. The van der Waals surface area contributed by atoms with Gasteiger partial charge >= 0.3 is 5.97 Å². The van der Waals surface area contributed by atoms with Crippen LogP contribution in [0.2, 0.25) is 0 Å². The molecule has 1 aromatic heterocycles. The molecule has 3 N–H and O–H groups in total. The molecule has 2 heterocycles. The first-order chi connectivity index (χ1) is 14.0. The number of carbonyl (C=O) groups is 2. The molecule has 1 fully saturated rings. The molecule has 1 amide bonds. The molecule has 3 rings (SSSR count). The minimum absolute atomic E-state index is 0.178. The zero-order valence-electron chi connectivity index (χ0n) is 16.2. The maximum atomic E-state index is 12.2. The Morgan fingerprint density at radius 1 is 1.21 bits per heavy atom. The second kappa shape index (κ2) is 9.60. The Hall–Kier alpha value is -2.81. The largest absolute Gasteiger partial charge is 0.503 e. The number of amides is 1. The van der Waals surface area contributed by atoms with E-state index in [1.54, 1.807) is 6.26 Å². The number of benzene rings is 1. The van der Waals surface area contributed by atoms with Gasteiger partial charge in [0.05, 0.1) is 0 Å². The van der Waals surface area contributed by atoms with Crippen LogP contribution >= 0.6 is 11.8 Å². The highest BCUT2D eigenvalue weighted by molar-refractivity contribution is 7.98. The van der Waals surface area contributed by atoms with Gasteiger partial charge in [0.25, 0.3) is 5.91 Å². The Kier molecular flexibility index (Phi) is 6.92. The second-order valence-electron chi connectivity index (χ2n) is 6.89. The summed E-state index contributed by atoms with van der Waals surface area (Å²) in [7, 11) is 0. The van der Waals surface area contributed by atoms with Crippen LogP contribution < -0.4 is 10.2 Å². The normalized spacial score (nSPS) is 14.6. The van der Waals surface area contributed by atoms with Gasteiger partial charge in [-0.2, -0.15) is 0 Å². The molecule has 0 spiro atoms. The van der Waals surface area contributed by atoms with Crippen molar-refractivity contribution in [2.75, 3.05) is 30.8 Å². The lowest BCUT2D eigenvalue weighted by atomic mass is 9.93. The summed E-state index contributed by atoms with van der Waals surface area (Å²) < 4.78 is 0. The summed E-state index contributed by atoms with van der Waals surface area (Å²) >= 11 is 1.22. The van der Waals surface area contributed by atoms with Crippen LogP contribution in [0.5, 0.6) is 5.75 Å². The molecule has 0 atom stereocenters. The number of thioether (sulfide) groups is 1. The van der Waals surface area contributed by atoms with Crippen molar-refractivity contribution in [1.82, 2.24) is 15.3 Å². The zero-order chi connectivity index (χ0) is 20.8. The number of aromatic nitrogens is 2. The molecule has 29 heavy (non-hydrogen) atoms. The summed E-state index contributed by atoms with van der Waals surface area (Å²) in [5, 5.41) is 21.5. The number of aromatic hydroxyl groups is 1. The van der Waals surface area contributed by atoms with Crippen molar-refractivity contribution < 1.29 is 19.8 Å². The van der Waals surface area contributed by atoms with E-state index in [9.17, 15) is 14.7 Å². The van der Waals surface area contributed by atoms with Gasteiger partial charge in [-0.1, -0.05) is 18.2 Å². The molecule has 1 aliphatic heterocycles. The molecule has 9 heteroatoms. The fourth-order valence-corrected chi connectivity index (χ4v) is 3.89. The van der Waals surface area contributed by atoms with E-state index in [0.717, 1.165) is 25.9 Å². The number of nitrogens with one attached hydrogen (secondary N) is 1. The van der Waals surface area contributed by atoms with Crippen LogP contribution in [-0.4, -0.2) is 57.9 Å². The van der Waals surface area contributed by atoms with Crippen molar-refractivity contribution >= 4 is 29.3 Å². The molecule has 8 nitrogen and oxygen atoms in total. The number of carboxylic acids is 1. The van der Waals surface area contributed by atoms with E-state index in [2.05, 4.69) is 32.3 Å². The van der Waals surface area contributed by atoms with Crippen molar-refractivity contribution in [1.29, 1.82) is 0 Å². The molecule has 1 aromatic carbocycles. The summed E-state index contributed by atoms with van der Waals surface area (Å²) in [6.07, 6.45) is 4.32. The second-order valence-corrected chi connectivity index (χ2v) is 7.69. The van der Waals surface area contributed by atoms with Crippen molar-refractivity contribution in [2.45, 2.75) is 24.3 Å². The fraction of sp³-hybridized carbons (Fsp3) is 0.400. The van der Waals surface area contributed by atoms with Crippen molar-refractivity contribution in [3.63, 3.8) is 0 Å². The smallest absolute Gasteiger partial charge is 0.322 e. The third-order valence-corrected chi connectivity index (χ3v) is 5.59. The van der Waals surface area contributed by atoms with E-state index in [1.165, 1.54) is 17.4 Å². The van der Waals surface area contributed by atoms with Crippen LogP contribution in [0, 0.1) is 5.92 Å². The van der Waals surface area contributed by atoms with Gasteiger partial charge in [0.15, 0.2) is 11.4 Å². The van der Waals surface area contributed by atoms with Gasteiger partial charge in [-0.3, -0.25) is 9.59 Å². The van der Waals surface area contributed by atoms with Gasteiger partial charge in [0.2, 0.25) is 0 Å². The Morgan fingerprint density at radius 2 is 1.90 bits per heavy atom. The number of anilines is 1. The number of carboxylic acid groups (broad SMARTS) is 1. The molecule has 0 aliphatic carbocycles. The van der Waals surface area contributed by atoms with Crippen LogP contribution in [0.25, 0.3) is 0 Å². The Labute approximate surface area is 173 Å². The molecule has 1 aliphatic rings. The Morgan fingerprint density at radius 3 is 2.52 bits per heavy atom. The van der Waals surface area contributed by atoms with Crippen molar-refractivity contribution in [3.8, 4) is 5.75 Å². The SMILES string of the molecule is CSc1nc(CC2CCN(c3ccccc3)CC2)nc(C(=O)NCC(=O)O)c1O. The number of rotatable bonds is 7. The van der Waals surface area contributed by atoms with Crippen molar-refractivity contribution in [2.24, 2.45) is 5.92 Å². The standard InChI is InChI=1S/C20H24N4O4S/c1-29-20-18(27)17(19(28)21-12-16(25)26)22-15(23-20)11-13-7-9-24(10-8-13)14-5-3-2-4-6-14/h2-6,13,27H,7-12H2,1H3,(H,21,28)(H,25,26). The first-order valence-electron chi connectivity index (χ1n) is 9.41. The number of hydrogen-bond donors (Lipinski definition) is 3. The Bertz CT molecular complexity index is 870. The first kappa shape index (κ1) is 20.9. The van der Waals surface area contributed by atoms with Crippen LogP contribution in [-0.2, 0) is 11.2 Å². The van der Waals surface area contributed by atoms with E-state index >= 15 is 0 Å². The third kappa shape index (κ3) is 5.38. The van der Waals surface area contributed by atoms with Gasteiger partial charge in [0.1, 0.15) is 17.4 Å². The lowest BCUT2D eigenvalue weighted by Crippen LogP contribution is -2.34. The average molecular weight is 417 g/mol. The minimum atomic E-state index is -1.16. The highest BCUT2D eigenvalue weighted by Crippen LogP contribution is 2.29. The molecular formula is C20H24N4O4S. The maximum Gasteiger partial charge on any atom is 0.322 e. The van der Waals surface area contributed by atoms with Gasteiger partial charge in [-0.25, -0.2) is 9.97 Å². The van der Waals surface area contributed by atoms with Crippen LogP contribution in [0.15, 0.2) is 35.4 Å². The number of carbonyl (C=O) groups excluding carboxylic acids is 1. The average Bonchev–Trinajstić information content (AvgIpc) is 2.74. The van der Waals surface area contributed by atoms with Crippen molar-refractivity contribution in [3.05, 3.63) is 41.9 Å². The fourth-order valence-electron chi connectivity index (χ4n) is 3.40. The molecular weight excluding hydrogens is 392 g/mol. The van der Waals surface area contributed by atoms with E-state index in [-0.39, 0.29) is 11.4 Å². The van der Waals surface area contributed by atoms with E-state index < -0.39 is 18.4 Å². The molecule has 0 radical (unpaired) electrons. The van der Waals surface area contributed by atoms with Crippen LogP contribution in [0.3, 0.4) is 0 Å². The van der Waals surface area contributed by atoms with E-state index in [4.69, 9.17) is 5.11 Å². The summed E-state index contributed by atoms with van der Waals surface area (Å²) in [5.41, 5.74) is 1.04. The molecule has 0 unspecified atom stereocenters. The maximum absolute atomic E-state index is 12.2. The van der Waals surface area contributed by atoms with E-state index in [0.29, 0.717) is 23.2 Å². The van der Waals surface area contributed by atoms with Crippen LogP contribution in [0.4, 0.5) is 5.69 Å². The highest BCUT2D eigenvalue weighted by atomic mass is 32.2. The van der Waals surface area contributed by atoms with Gasteiger partial charge in [-0.15, -0.1) is 11.8 Å². The number of aliphatic carboxylic acids is 1. The highest BCUT2D eigenvalue weighted by Gasteiger charge is 2.24. The molecule has 0 saturated carbocycles. The number of piperidine rings is 1. The quantitative estimate of drug-likeness (QED) is 0.465. The van der Waals surface area contributed by atoms with Gasteiger partial charge in [-0.05, 0) is 37.1 Å². The molecule has 2 aromatic rings. The summed E-state index contributed by atoms with van der Waals surface area (Å²) in [6, 6.07) is 10.3. The molecule has 154 valence electrons. The lowest BCUT2D eigenvalue weighted by molar-refractivity contribution is -0.135. The number of nitrogens with zero attached hydrogens (tertiary/aromatic N) is 3. The van der Waals surface area contributed by atoms with Gasteiger partial charge in [0, 0.05) is 25.2 Å². The lowest BCUT2D eigenvalue weighted by Gasteiger charge is -2.33. The van der Waals surface area contributed by atoms with Gasteiger partial charge < -0.3 is 20.4 Å². The topological polar surface area (TPSA) is 116 Å². The predicted molar refractivity (Wildman–Crippen MR) is 111 cm³/mol. The minimum Gasteiger partial charge on any atom is -0.503 e. The zero-order valence-corrected chi connectivity index (χ0v) is 17.0. The number of para-hydroxylation sites is 1. The number of hydrogen-bond acceptors (Lipinski definition) is 7. The Balaban J connectivity index is 1.68. The summed E-state index contributed by atoms with van der Waals surface area (Å²) in [5.74, 6) is -1.33.